The van der Waals surface area contributed by atoms with Gasteiger partial charge in [-0.1, -0.05) is 6.92 Å². The number of piperidine rings is 1. The molecular formula is C14H14F2N2O2. The summed E-state index contributed by atoms with van der Waals surface area (Å²) in [5.41, 5.74) is -0.482. The highest BCUT2D eigenvalue weighted by Crippen LogP contribution is 2.32. The van der Waals surface area contributed by atoms with Crippen LogP contribution in [0, 0.1) is 28.9 Å². The van der Waals surface area contributed by atoms with Crippen molar-refractivity contribution in [2.45, 2.75) is 25.8 Å². The van der Waals surface area contributed by atoms with Gasteiger partial charge in [0.2, 0.25) is 0 Å². The van der Waals surface area contributed by atoms with Gasteiger partial charge in [-0.25, -0.2) is 13.6 Å². The van der Waals surface area contributed by atoms with E-state index in [1.165, 1.54) is 4.90 Å². The monoisotopic (exact) mass is 280 g/mol. The molecule has 1 N–H and O–H groups in total. The molecule has 1 aliphatic heterocycles. The van der Waals surface area contributed by atoms with E-state index >= 15 is 0 Å². The number of rotatable bonds is 2. The molecule has 1 aliphatic rings. The van der Waals surface area contributed by atoms with E-state index in [1.54, 1.807) is 6.07 Å². The van der Waals surface area contributed by atoms with Crippen LogP contribution in [0.25, 0.3) is 0 Å². The number of carboxylic acid groups (broad SMARTS) is 1. The summed E-state index contributed by atoms with van der Waals surface area (Å²) in [6.07, 6.45) is 1.01. The zero-order chi connectivity index (χ0) is 14.9. The van der Waals surface area contributed by atoms with Crippen LogP contribution >= 0.6 is 0 Å². The lowest BCUT2D eigenvalue weighted by Gasteiger charge is -2.37. The smallest absolute Gasteiger partial charge is 0.326 e. The summed E-state index contributed by atoms with van der Waals surface area (Å²) in [4.78, 5) is 12.5. The standard InChI is InChI=1S/C14H14F2N2O2/c1-8-2-3-18(12(4-8)14(19)20)13-10(15)5-9(7-17)6-11(13)16/h5-6,8,12H,2-4H2,1H3,(H,19,20). The maximum atomic E-state index is 14.0. The number of hydrogen-bond donors (Lipinski definition) is 1. The maximum Gasteiger partial charge on any atom is 0.326 e. The Balaban J connectivity index is 2.44. The Labute approximate surface area is 115 Å². The Morgan fingerprint density at radius 2 is 2.05 bits per heavy atom. The second-order valence-electron chi connectivity index (χ2n) is 5.08. The van der Waals surface area contributed by atoms with Crippen molar-refractivity contribution in [2.75, 3.05) is 11.4 Å². The Morgan fingerprint density at radius 1 is 1.45 bits per heavy atom. The van der Waals surface area contributed by atoms with Crippen LogP contribution < -0.4 is 4.90 Å². The van der Waals surface area contributed by atoms with Crippen LogP contribution in [-0.2, 0) is 4.79 Å². The molecule has 2 atom stereocenters. The van der Waals surface area contributed by atoms with E-state index in [2.05, 4.69) is 0 Å². The van der Waals surface area contributed by atoms with E-state index in [1.807, 2.05) is 6.92 Å². The van der Waals surface area contributed by atoms with E-state index in [9.17, 15) is 18.7 Å². The Bertz CT molecular complexity index is 560. The largest absolute Gasteiger partial charge is 0.480 e. The lowest BCUT2D eigenvalue weighted by molar-refractivity contribution is -0.139. The van der Waals surface area contributed by atoms with Crippen LogP contribution in [0.2, 0.25) is 0 Å². The summed E-state index contributed by atoms with van der Waals surface area (Å²) < 4.78 is 28.0. The van der Waals surface area contributed by atoms with Crippen LogP contribution in [-0.4, -0.2) is 23.7 Å². The number of benzene rings is 1. The van der Waals surface area contributed by atoms with Gasteiger partial charge < -0.3 is 10.0 Å². The first kappa shape index (κ1) is 14.3. The van der Waals surface area contributed by atoms with Gasteiger partial charge in [0, 0.05) is 6.54 Å². The molecule has 1 saturated heterocycles. The molecule has 1 aromatic rings. The molecule has 0 radical (unpaired) electrons. The molecule has 2 unspecified atom stereocenters. The van der Waals surface area contributed by atoms with E-state index in [-0.39, 0.29) is 23.7 Å². The number of hydrogen-bond acceptors (Lipinski definition) is 3. The number of aliphatic carboxylic acids is 1. The number of carboxylic acids is 1. The molecule has 0 saturated carbocycles. The van der Waals surface area contributed by atoms with Gasteiger partial charge in [-0.05, 0) is 30.9 Å². The van der Waals surface area contributed by atoms with Gasteiger partial charge in [-0.2, -0.15) is 5.26 Å². The van der Waals surface area contributed by atoms with E-state index in [4.69, 9.17) is 5.26 Å². The predicted octanol–water partition coefficient (Wildman–Crippen LogP) is 2.53. The molecule has 2 rings (SSSR count). The zero-order valence-electron chi connectivity index (χ0n) is 10.9. The molecule has 1 aromatic carbocycles. The maximum absolute atomic E-state index is 14.0. The molecule has 106 valence electrons. The van der Waals surface area contributed by atoms with Crippen LogP contribution in [0.15, 0.2) is 12.1 Å². The second-order valence-corrected chi connectivity index (χ2v) is 5.08. The number of anilines is 1. The highest BCUT2D eigenvalue weighted by molar-refractivity contribution is 5.78. The fourth-order valence-electron chi connectivity index (χ4n) is 2.55. The lowest BCUT2D eigenvalue weighted by Crippen LogP contribution is -2.47. The van der Waals surface area contributed by atoms with E-state index in [0.717, 1.165) is 12.1 Å². The topological polar surface area (TPSA) is 64.3 Å². The van der Waals surface area contributed by atoms with Crippen molar-refractivity contribution in [3.8, 4) is 6.07 Å². The van der Waals surface area contributed by atoms with Crippen LogP contribution in [0.4, 0.5) is 14.5 Å². The first-order chi connectivity index (χ1) is 9.43. The van der Waals surface area contributed by atoms with Gasteiger partial charge in [0.05, 0.1) is 11.6 Å². The molecule has 0 spiro atoms. The van der Waals surface area contributed by atoms with Gasteiger partial charge >= 0.3 is 5.97 Å². The third-order valence-electron chi connectivity index (χ3n) is 3.58. The molecule has 0 bridgehead atoms. The average molecular weight is 280 g/mol. The Hall–Kier alpha value is -2.16. The summed E-state index contributed by atoms with van der Waals surface area (Å²) in [7, 11) is 0. The minimum absolute atomic E-state index is 0.124. The first-order valence-electron chi connectivity index (χ1n) is 6.32. The van der Waals surface area contributed by atoms with E-state index < -0.39 is 23.6 Å². The molecule has 4 nitrogen and oxygen atoms in total. The van der Waals surface area contributed by atoms with Crippen LogP contribution in [0.5, 0.6) is 0 Å². The van der Waals surface area contributed by atoms with Gasteiger partial charge in [0.15, 0.2) is 11.6 Å². The van der Waals surface area contributed by atoms with Gasteiger partial charge in [0.25, 0.3) is 0 Å². The predicted molar refractivity (Wildman–Crippen MR) is 68.2 cm³/mol. The summed E-state index contributed by atoms with van der Waals surface area (Å²) in [5, 5.41) is 17.9. The molecule has 1 fully saturated rings. The fraction of sp³-hybridized carbons (Fsp3) is 0.429. The third kappa shape index (κ3) is 2.57. The van der Waals surface area contributed by atoms with Crippen molar-refractivity contribution in [2.24, 2.45) is 5.92 Å². The second kappa shape index (κ2) is 5.45. The number of carbonyl (C=O) groups is 1. The van der Waals surface area contributed by atoms with Crippen molar-refractivity contribution < 1.29 is 18.7 Å². The highest BCUT2D eigenvalue weighted by atomic mass is 19.1. The van der Waals surface area contributed by atoms with E-state index in [0.29, 0.717) is 12.8 Å². The molecule has 0 amide bonds. The van der Waals surface area contributed by atoms with Crippen LogP contribution in [0.1, 0.15) is 25.3 Å². The van der Waals surface area contributed by atoms with Crippen molar-refractivity contribution in [1.82, 2.24) is 0 Å². The molecule has 20 heavy (non-hydrogen) atoms. The highest BCUT2D eigenvalue weighted by Gasteiger charge is 2.34. The van der Waals surface area contributed by atoms with Crippen molar-refractivity contribution in [1.29, 1.82) is 5.26 Å². The van der Waals surface area contributed by atoms with Gasteiger partial charge in [0.1, 0.15) is 11.7 Å². The number of halogens is 2. The van der Waals surface area contributed by atoms with Crippen molar-refractivity contribution in [3.63, 3.8) is 0 Å². The molecule has 1 heterocycles. The van der Waals surface area contributed by atoms with Gasteiger partial charge in [-0.15, -0.1) is 0 Å². The first-order valence-corrected chi connectivity index (χ1v) is 6.32. The zero-order valence-corrected chi connectivity index (χ0v) is 10.9. The minimum Gasteiger partial charge on any atom is -0.480 e. The third-order valence-corrected chi connectivity index (χ3v) is 3.58. The average Bonchev–Trinajstić information content (AvgIpc) is 2.39. The Morgan fingerprint density at radius 3 is 2.55 bits per heavy atom. The summed E-state index contributed by atoms with van der Waals surface area (Å²) in [5.74, 6) is -2.71. The van der Waals surface area contributed by atoms with Crippen molar-refractivity contribution in [3.05, 3.63) is 29.3 Å². The molecular weight excluding hydrogens is 266 g/mol. The number of nitriles is 1. The van der Waals surface area contributed by atoms with Crippen LogP contribution in [0.3, 0.4) is 0 Å². The molecule has 6 heteroatoms. The van der Waals surface area contributed by atoms with Gasteiger partial charge in [-0.3, -0.25) is 0 Å². The number of nitrogens with zero attached hydrogens (tertiary/aromatic N) is 2. The summed E-state index contributed by atoms with van der Waals surface area (Å²) >= 11 is 0. The SMILES string of the molecule is CC1CCN(c2c(F)cc(C#N)cc2F)C(C(=O)O)C1. The lowest BCUT2D eigenvalue weighted by atomic mass is 9.91. The fourth-order valence-corrected chi connectivity index (χ4v) is 2.55. The minimum atomic E-state index is -1.10. The normalized spacial score (nSPS) is 22.4. The molecule has 0 aromatic heterocycles. The summed E-state index contributed by atoms with van der Waals surface area (Å²) in [6.45, 7) is 2.19. The summed E-state index contributed by atoms with van der Waals surface area (Å²) in [6, 6.07) is 2.57. The quantitative estimate of drug-likeness (QED) is 0.904. The molecule has 0 aliphatic carbocycles. The van der Waals surface area contributed by atoms with Crippen molar-refractivity contribution >= 4 is 11.7 Å². The Kier molecular flexibility index (Phi) is 3.89.